The minimum atomic E-state index is -4.26. The van der Waals surface area contributed by atoms with Crippen molar-refractivity contribution in [2.75, 3.05) is 5.43 Å². The maximum atomic E-state index is 12.8. The molecule has 2 N–H and O–H groups in total. The lowest BCUT2D eigenvalue weighted by molar-refractivity contribution is 0.112. The summed E-state index contributed by atoms with van der Waals surface area (Å²) in [6, 6.07) is 23.3. The Bertz CT molecular complexity index is 1280. The summed E-state index contributed by atoms with van der Waals surface area (Å²) >= 11 is 0. The molecule has 0 aliphatic carbocycles. The number of fused-ring (bicyclic) bond motifs is 2. The average Bonchev–Trinajstić information content (AvgIpc) is 2.73. The number of benzene rings is 4. The van der Waals surface area contributed by atoms with Crippen LogP contribution in [0.5, 0.6) is 0 Å². The molecule has 0 fully saturated rings. The van der Waals surface area contributed by atoms with Gasteiger partial charge in [0, 0.05) is 16.3 Å². The number of rotatable bonds is 6. The van der Waals surface area contributed by atoms with Crippen LogP contribution in [0.4, 0.5) is 5.69 Å². The quantitative estimate of drug-likeness (QED) is 0.381. The zero-order chi connectivity index (χ0) is 19.6. The molecule has 0 radical (unpaired) electrons. The highest BCUT2D eigenvalue weighted by molar-refractivity contribution is 7.87. The van der Waals surface area contributed by atoms with Gasteiger partial charge in [0.1, 0.15) is 4.90 Å². The number of hydrogen-bond donors (Lipinski definition) is 2. The van der Waals surface area contributed by atoms with Gasteiger partial charge in [0.25, 0.3) is 0 Å². The van der Waals surface area contributed by atoms with Crippen LogP contribution < -0.4 is 11.0 Å². The monoisotopic (exact) mass is 392 g/mol. The minimum Gasteiger partial charge on any atom is -0.298 e. The Morgan fingerprint density at radius 2 is 1.39 bits per heavy atom. The first kappa shape index (κ1) is 18.1. The highest BCUT2D eigenvalue weighted by atomic mass is 32.2. The van der Waals surface area contributed by atoms with Crippen LogP contribution in [0.25, 0.3) is 21.5 Å². The molecule has 0 atom stereocenters. The second-order valence-corrected chi connectivity index (χ2v) is 7.60. The number of carbonyl (C=O) groups excluding carboxylic acids is 1. The first-order valence-electron chi connectivity index (χ1n) is 8.49. The number of hydrazine groups is 1. The Morgan fingerprint density at radius 1 is 0.750 bits per heavy atom. The topological polar surface area (TPSA) is 84.5 Å². The highest BCUT2D eigenvalue weighted by Gasteiger charge is 2.23. The molecule has 0 saturated heterocycles. The van der Waals surface area contributed by atoms with Crippen molar-refractivity contribution in [2.45, 2.75) is 4.90 Å². The van der Waals surface area contributed by atoms with Crippen LogP contribution in [0, 0.1) is 0 Å². The largest absolute Gasteiger partial charge is 0.315 e. The zero-order valence-electron chi connectivity index (χ0n) is 14.6. The van der Waals surface area contributed by atoms with E-state index in [0.29, 0.717) is 22.7 Å². The number of aldehydes is 1. The third-order valence-electron chi connectivity index (χ3n) is 4.41. The third kappa shape index (κ3) is 3.34. The van der Waals surface area contributed by atoms with E-state index in [1.807, 2.05) is 36.4 Å². The lowest BCUT2D eigenvalue weighted by Gasteiger charge is -2.13. The molecule has 0 saturated carbocycles. The van der Waals surface area contributed by atoms with Crippen molar-refractivity contribution < 1.29 is 17.5 Å². The molecular formula is C21H16N2O4S. The van der Waals surface area contributed by atoms with Crippen molar-refractivity contribution in [2.24, 2.45) is 0 Å². The van der Waals surface area contributed by atoms with Gasteiger partial charge in [0.05, 0.1) is 5.69 Å². The molecule has 4 rings (SSSR count). The summed E-state index contributed by atoms with van der Waals surface area (Å²) in [5.74, 6) is 0. The van der Waals surface area contributed by atoms with Crippen molar-refractivity contribution in [1.29, 1.82) is 0 Å². The summed E-state index contributed by atoms with van der Waals surface area (Å²) < 4.78 is 30.6. The summed E-state index contributed by atoms with van der Waals surface area (Å²) in [7, 11) is -4.26. The second kappa shape index (κ2) is 7.40. The van der Waals surface area contributed by atoms with Crippen molar-refractivity contribution in [3.63, 3.8) is 0 Å². The number of hydrogen-bond acceptors (Lipinski definition) is 6. The van der Waals surface area contributed by atoms with Gasteiger partial charge in [-0.25, -0.2) is 0 Å². The van der Waals surface area contributed by atoms with Gasteiger partial charge < -0.3 is 0 Å². The average molecular weight is 392 g/mol. The Morgan fingerprint density at radius 3 is 2.14 bits per heavy atom. The van der Waals surface area contributed by atoms with E-state index in [4.69, 9.17) is 4.28 Å². The Balaban J connectivity index is 1.63. The molecule has 0 amide bonds. The molecule has 0 aromatic heterocycles. The predicted molar refractivity (Wildman–Crippen MR) is 108 cm³/mol. The van der Waals surface area contributed by atoms with Gasteiger partial charge in [-0.05, 0) is 22.9 Å². The van der Waals surface area contributed by atoms with Crippen LogP contribution >= 0.6 is 0 Å². The van der Waals surface area contributed by atoms with Gasteiger partial charge in [0.2, 0.25) is 0 Å². The van der Waals surface area contributed by atoms with Crippen molar-refractivity contribution >= 4 is 43.6 Å². The fourth-order valence-corrected chi connectivity index (χ4v) is 4.23. The maximum Gasteiger partial charge on any atom is 0.315 e. The number of nitrogens with one attached hydrogen (secondary N) is 2. The van der Waals surface area contributed by atoms with Crippen LogP contribution in [-0.2, 0) is 14.4 Å². The Kier molecular flexibility index (Phi) is 4.79. The molecule has 28 heavy (non-hydrogen) atoms. The molecule has 7 heteroatoms. The Labute approximate surface area is 161 Å². The summed E-state index contributed by atoms with van der Waals surface area (Å²) in [6.07, 6.45) is 0.501. The van der Waals surface area contributed by atoms with E-state index in [1.165, 1.54) is 6.07 Å². The van der Waals surface area contributed by atoms with Crippen molar-refractivity contribution in [1.82, 2.24) is 5.59 Å². The highest BCUT2D eigenvalue weighted by Crippen LogP contribution is 2.27. The van der Waals surface area contributed by atoms with Gasteiger partial charge in [-0.3, -0.25) is 10.2 Å². The fourth-order valence-electron chi connectivity index (χ4n) is 3.14. The summed E-state index contributed by atoms with van der Waals surface area (Å²) in [6.45, 7) is 0. The smallest absolute Gasteiger partial charge is 0.298 e. The van der Waals surface area contributed by atoms with Gasteiger partial charge >= 0.3 is 10.1 Å². The summed E-state index contributed by atoms with van der Waals surface area (Å²) in [5, 5.41) is 3.00. The van der Waals surface area contributed by atoms with Crippen LogP contribution in [-0.4, -0.2) is 14.7 Å². The lowest BCUT2D eigenvalue weighted by Crippen LogP contribution is -2.26. The molecule has 0 heterocycles. The van der Waals surface area contributed by atoms with Crippen molar-refractivity contribution in [3.8, 4) is 0 Å². The van der Waals surface area contributed by atoms with E-state index in [0.717, 1.165) is 10.8 Å². The van der Waals surface area contributed by atoms with Gasteiger partial charge in [-0.2, -0.15) is 12.7 Å². The van der Waals surface area contributed by atoms with Crippen LogP contribution in [0.3, 0.4) is 0 Å². The minimum absolute atomic E-state index is 0.0330. The van der Waals surface area contributed by atoms with E-state index >= 15 is 0 Å². The van der Waals surface area contributed by atoms with Gasteiger partial charge in [-0.1, -0.05) is 72.3 Å². The SMILES string of the molecule is O=Cc1ccc2ccccc2c1S(=O)(=O)ONNc1cccc2ccccc12. The molecule has 0 unspecified atom stereocenters. The van der Waals surface area contributed by atoms with E-state index in [1.54, 1.807) is 36.4 Å². The molecule has 4 aromatic carbocycles. The molecule has 140 valence electrons. The third-order valence-corrected chi connectivity index (χ3v) is 5.67. The van der Waals surface area contributed by atoms with E-state index in [2.05, 4.69) is 11.0 Å². The van der Waals surface area contributed by atoms with Crippen LogP contribution in [0.1, 0.15) is 10.4 Å². The molecule has 4 aromatic rings. The Hall–Kier alpha value is -3.26. The van der Waals surface area contributed by atoms with Crippen LogP contribution in [0.15, 0.2) is 83.8 Å². The van der Waals surface area contributed by atoms with Gasteiger partial charge in [-0.15, -0.1) is 0 Å². The summed E-state index contributed by atoms with van der Waals surface area (Å²) in [5.41, 5.74) is 5.74. The molecule has 0 aliphatic rings. The predicted octanol–water partition coefficient (Wildman–Crippen LogP) is 4.04. The first-order chi connectivity index (χ1) is 13.6. The second-order valence-electron chi connectivity index (χ2n) is 6.11. The summed E-state index contributed by atoms with van der Waals surface area (Å²) in [4.78, 5) is 11.2. The number of carbonyl (C=O) groups is 1. The molecular weight excluding hydrogens is 376 g/mol. The van der Waals surface area contributed by atoms with Gasteiger partial charge in [0.15, 0.2) is 6.29 Å². The molecule has 0 aliphatic heterocycles. The maximum absolute atomic E-state index is 12.8. The van der Waals surface area contributed by atoms with E-state index in [-0.39, 0.29) is 10.5 Å². The van der Waals surface area contributed by atoms with E-state index in [9.17, 15) is 13.2 Å². The lowest BCUT2D eigenvalue weighted by atomic mass is 10.1. The molecule has 6 nitrogen and oxygen atoms in total. The fraction of sp³-hybridized carbons (Fsp3) is 0. The van der Waals surface area contributed by atoms with E-state index < -0.39 is 10.1 Å². The van der Waals surface area contributed by atoms with Crippen LogP contribution in [0.2, 0.25) is 0 Å². The van der Waals surface area contributed by atoms with Crippen molar-refractivity contribution in [3.05, 3.63) is 84.4 Å². The molecule has 0 bridgehead atoms. The standard InChI is InChI=1S/C21H16N2O4S/c24-14-17-13-12-16-7-2-4-10-19(16)21(17)28(25,26)27-23-22-20-11-5-8-15-6-1-3-9-18(15)20/h1-14,22-23H. The zero-order valence-corrected chi connectivity index (χ0v) is 15.4. The normalized spacial score (nSPS) is 11.6. The first-order valence-corrected chi connectivity index (χ1v) is 9.90. The molecule has 0 spiro atoms. The number of anilines is 1.